The molecular weight excluding hydrogens is 467 g/mol. The van der Waals surface area contributed by atoms with Crippen LogP contribution in [0.2, 0.25) is 5.02 Å². The van der Waals surface area contributed by atoms with Gasteiger partial charge in [-0.2, -0.15) is 9.37 Å². The highest BCUT2D eigenvalue weighted by molar-refractivity contribution is 6.35. The highest BCUT2D eigenvalue weighted by Crippen LogP contribution is 2.32. The maximum Gasteiger partial charge on any atom is 0.255 e. The third-order valence-electron chi connectivity index (χ3n) is 6.56. The van der Waals surface area contributed by atoms with Gasteiger partial charge in [0, 0.05) is 66.0 Å². The van der Waals surface area contributed by atoms with E-state index in [1.165, 1.54) is 6.20 Å². The fourth-order valence-corrected chi connectivity index (χ4v) is 4.73. The van der Waals surface area contributed by atoms with Crippen LogP contribution in [0.5, 0.6) is 0 Å². The normalized spacial score (nSPS) is 14.7. The second-order valence-electron chi connectivity index (χ2n) is 8.99. The maximum atomic E-state index is 14.8. The van der Waals surface area contributed by atoms with Gasteiger partial charge in [0.2, 0.25) is 5.95 Å². The van der Waals surface area contributed by atoms with Crippen molar-refractivity contribution in [2.24, 2.45) is 0 Å². The zero-order chi connectivity index (χ0) is 24.7. The van der Waals surface area contributed by atoms with Gasteiger partial charge in [0.1, 0.15) is 11.4 Å². The van der Waals surface area contributed by atoms with Crippen LogP contribution in [0.1, 0.15) is 13.8 Å². The fourth-order valence-electron chi connectivity index (χ4n) is 4.52. The Morgan fingerprint density at radius 2 is 1.66 bits per heavy atom. The molecule has 3 heterocycles. The zero-order valence-electron chi connectivity index (χ0n) is 19.6. The van der Waals surface area contributed by atoms with E-state index in [4.69, 9.17) is 17.3 Å². The van der Waals surface area contributed by atoms with Crippen LogP contribution in [0.25, 0.3) is 33.3 Å². The first-order valence-corrected chi connectivity index (χ1v) is 11.9. The van der Waals surface area contributed by atoms with Gasteiger partial charge in [-0.3, -0.25) is 9.69 Å². The summed E-state index contributed by atoms with van der Waals surface area (Å²) in [6, 6.07) is 13.3. The number of hydrogen-bond acceptors (Lipinski definition) is 6. The standard InChI is InChI=1S/C26H26ClFN6O/c1-15(2)33-9-11-34(12-10-33)18-6-3-16(4-7-18)22-24(28)32-25(29)23(31-22)17-5-8-19-20(13-17)21(27)14-30-26(19)35/h3-8,13-15H,9-12H2,1-2H3,(H2,29,32)(H,30,35). The molecule has 1 fully saturated rings. The molecule has 4 aromatic rings. The lowest BCUT2D eigenvalue weighted by molar-refractivity contribution is 0.209. The average Bonchev–Trinajstić information content (AvgIpc) is 2.86. The number of hydrogen-bond donors (Lipinski definition) is 2. The summed E-state index contributed by atoms with van der Waals surface area (Å²) in [4.78, 5) is 27.9. The number of halogens is 2. The van der Waals surface area contributed by atoms with E-state index in [9.17, 15) is 9.18 Å². The molecule has 1 aliphatic heterocycles. The van der Waals surface area contributed by atoms with Crippen molar-refractivity contribution in [3.63, 3.8) is 0 Å². The number of anilines is 2. The van der Waals surface area contributed by atoms with Crippen LogP contribution < -0.4 is 16.2 Å². The molecule has 0 unspecified atom stereocenters. The number of aromatic amines is 1. The van der Waals surface area contributed by atoms with Crippen LogP contribution in [-0.4, -0.2) is 52.1 Å². The van der Waals surface area contributed by atoms with E-state index in [1.54, 1.807) is 18.2 Å². The Labute approximate surface area is 207 Å². The summed E-state index contributed by atoms with van der Waals surface area (Å²) < 4.78 is 14.8. The monoisotopic (exact) mass is 492 g/mol. The van der Waals surface area contributed by atoms with E-state index in [2.05, 4.69) is 38.6 Å². The van der Waals surface area contributed by atoms with Crippen LogP contribution >= 0.6 is 11.6 Å². The summed E-state index contributed by atoms with van der Waals surface area (Å²) in [6.07, 6.45) is 1.44. The quantitative estimate of drug-likeness (QED) is 0.434. The molecule has 3 N–H and O–H groups in total. The Morgan fingerprint density at radius 3 is 2.34 bits per heavy atom. The summed E-state index contributed by atoms with van der Waals surface area (Å²) >= 11 is 6.28. The maximum absolute atomic E-state index is 14.8. The van der Waals surface area contributed by atoms with E-state index in [0.29, 0.717) is 38.7 Å². The molecular formula is C26H26ClFN6O. The van der Waals surface area contributed by atoms with Crippen molar-refractivity contribution >= 4 is 33.9 Å². The van der Waals surface area contributed by atoms with Crippen molar-refractivity contribution in [2.45, 2.75) is 19.9 Å². The van der Waals surface area contributed by atoms with Crippen LogP contribution in [0.15, 0.2) is 53.5 Å². The summed E-state index contributed by atoms with van der Waals surface area (Å²) in [5.74, 6) is -0.772. The lowest BCUT2D eigenvalue weighted by Crippen LogP contribution is -2.48. The van der Waals surface area contributed by atoms with Crippen molar-refractivity contribution < 1.29 is 4.39 Å². The number of fused-ring (bicyclic) bond motifs is 1. The van der Waals surface area contributed by atoms with Crippen molar-refractivity contribution in [2.75, 3.05) is 36.8 Å². The molecule has 0 atom stereocenters. The predicted molar refractivity (Wildman–Crippen MR) is 139 cm³/mol. The summed E-state index contributed by atoms with van der Waals surface area (Å²) in [5, 5.41) is 1.39. The molecule has 5 rings (SSSR count). The van der Waals surface area contributed by atoms with Crippen molar-refractivity contribution in [1.29, 1.82) is 0 Å². The summed E-state index contributed by atoms with van der Waals surface area (Å²) in [6.45, 7) is 8.36. The Bertz CT molecular complexity index is 1450. The van der Waals surface area contributed by atoms with Gasteiger partial charge < -0.3 is 15.6 Å². The van der Waals surface area contributed by atoms with Gasteiger partial charge in [0.15, 0.2) is 5.82 Å². The number of nitrogen functional groups attached to an aromatic ring is 1. The number of H-pyrrole nitrogens is 1. The SMILES string of the molecule is CC(C)N1CCN(c2ccc(-c3nc(-c4ccc5c(=O)[nH]cc(Cl)c5c4)c(N)nc3F)cc2)CC1. The summed E-state index contributed by atoms with van der Waals surface area (Å²) in [5.41, 5.74) is 8.53. The first kappa shape index (κ1) is 23.3. The number of nitrogens with zero attached hydrogens (tertiary/aromatic N) is 4. The second kappa shape index (κ2) is 9.28. The summed E-state index contributed by atoms with van der Waals surface area (Å²) in [7, 11) is 0. The molecule has 0 bridgehead atoms. The van der Waals surface area contributed by atoms with E-state index in [0.717, 1.165) is 31.9 Å². The van der Waals surface area contributed by atoms with Gasteiger partial charge in [-0.25, -0.2) is 4.98 Å². The highest BCUT2D eigenvalue weighted by atomic mass is 35.5. The number of rotatable bonds is 4. The molecule has 1 aliphatic rings. The molecule has 2 aromatic heterocycles. The van der Waals surface area contributed by atoms with Crippen LogP contribution in [0.3, 0.4) is 0 Å². The molecule has 180 valence electrons. The number of aromatic nitrogens is 3. The Hall–Kier alpha value is -3.49. The van der Waals surface area contributed by atoms with Crippen LogP contribution in [0, 0.1) is 5.95 Å². The van der Waals surface area contributed by atoms with Gasteiger partial charge in [-0.05, 0) is 38.1 Å². The smallest absolute Gasteiger partial charge is 0.255 e. The lowest BCUT2D eigenvalue weighted by Gasteiger charge is -2.38. The third kappa shape index (κ3) is 4.47. The van der Waals surface area contributed by atoms with E-state index in [-0.39, 0.29) is 17.1 Å². The predicted octanol–water partition coefficient (Wildman–Crippen LogP) is 4.56. The van der Waals surface area contributed by atoms with E-state index >= 15 is 0 Å². The molecule has 0 radical (unpaired) electrons. The molecule has 0 amide bonds. The van der Waals surface area contributed by atoms with Crippen molar-refractivity contribution in [3.05, 3.63) is 70.0 Å². The van der Waals surface area contributed by atoms with E-state index in [1.807, 2.05) is 24.3 Å². The van der Waals surface area contributed by atoms with Gasteiger partial charge >= 0.3 is 0 Å². The number of nitrogens with two attached hydrogens (primary N) is 1. The fraction of sp³-hybridized carbons (Fsp3) is 0.269. The van der Waals surface area contributed by atoms with Gasteiger partial charge in [0.25, 0.3) is 5.56 Å². The molecule has 0 saturated carbocycles. The third-order valence-corrected chi connectivity index (χ3v) is 6.87. The van der Waals surface area contributed by atoms with Crippen LogP contribution in [-0.2, 0) is 0 Å². The van der Waals surface area contributed by atoms with Gasteiger partial charge in [-0.15, -0.1) is 0 Å². The number of pyridine rings is 1. The largest absolute Gasteiger partial charge is 0.382 e. The molecule has 0 spiro atoms. The molecule has 9 heteroatoms. The minimum Gasteiger partial charge on any atom is -0.382 e. The number of nitrogens with one attached hydrogen (secondary N) is 1. The Kier molecular flexibility index (Phi) is 6.17. The molecule has 2 aromatic carbocycles. The minimum atomic E-state index is -0.736. The molecule has 7 nitrogen and oxygen atoms in total. The lowest BCUT2D eigenvalue weighted by atomic mass is 10.1. The van der Waals surface area contributed by atoms with Gasteiger partial charge in [-0.1, -0.05) is 29.8 Å². The van der Waals surface area contributed by atoms with Crippen molar-refractivity contribution in [1.82, 2.24) is 19.9 Å². The number of piperazine rings is 1. The first-order valence-electron chi connectivity index (χ1n) is 11.6. The minimum absolute atomic E-state index is 0.0359. The molecule has 1 saturated heterocycles. The van der Waals surface area contributed by atoms with Crippen molar-refractivity contribution in [3.8, 4) is 22.5 Å². The van der Waals surface area contributed by atoms with Crippen LogP contribution in [0.4, 0.5) is 15.9 Å². The molecule has 35 heavy (non-hydrogen) atoms. The number of benzene rings is 2. The Balaban J connectivity index is 1.47. The first-order chi connectivity index (χ1) is 16.8. The Morgan fingerprint density at radius 1 is 0.971 bits per heavy atom. The average molecular weight is 493 g/mol. The molecule has 0 aliphatic carbocycles. The van der Waals surface area contributed by atoms with Gasteiger partial charge in [0.05, 0.1) is 5.02 Å². The van der Waals surface area contributed by atoms with E-state index < -0.39 is 5.95 Å². The second-order valence-corrected chi connectivity index (χ2v) is 9.39. The highest BCUT2D eigenvalue weighted by Gasteiger charge is 2.20. The topological polar surface area (TPSA) is 91.1 Å². The zero-order valence-corrected chi connectivity index (χ0v) is 20.3.